The summed E-state index contributed by atoms with van der Waals surface area (Å²) in [5, 5.41) is 14.1. The second-order valence-electron chi connectivity index (χ2n) is 5.68. The fraction of sp³-hybridized carbons (Fsp3) is 0.462. The van der Waals surface area contributed by atoms with Crippen molar-refractivity contribution in [2.75, 3.05) is 0 Å². The van der Waals surface area contributed by atoms with Gasteiger partial charge in [-0.1, -0.05) is 20.8 Å². The van der Waals surface area contributed by atoms with Crippen LogP contribution in [0.15, 0.2) is 12.3 Å². The van der Waals surface area contributed by atoms with E-state index in [4.69, 9.17) is 0 Å². The minimum absolute atomic E-state index is 0.00379. The highest BCUT2D eigenvalue weighted by Crippen LogP contribution is 2.20. The molecule has 0 saturated carbocycles. The van der Waals surface area contributed by atoms with Gasteiger partial charge in [0, 0.05) is 12.5 Å². The Morgan fingerprint density at radius 2 is 2.20 bits per heavy atom. The number of rotatable bonds is 3. The van der Waals surface area contributed by atoms with Gasteiger partial charge in [0.1, 0.15) is 5.69 Å². The van der Waals surface area contributed by atoms with Gasteiger partial charge in [-0.15, -0.1) is 0 Å². The molecule has 20 heavy (non-hydrogen) atoms. The molecule has 0 aliphatic rings. The van der Waals surface area contributed by atoms with Crippen LogP contribution in [0, 0.1) is 3.57 Å². The summed E-state index contributed by atoms with van der Waals surface area (Å²) < 4.78 is 2.41. The Balaban J connectivity index is 2.03. The molecule has 2 aromatic rings. The largest absolute Gasteiger partial charge is 0.345 e. The molecule has 0 atom stereocenters. The number of amides is 1. The molecule has 6 nitrogen and oxygen atoms in total. The van der Waals surface area contributed by atoms with E-state index in [1.165, 1.54) is 0 Å². The summed E-state index contributed by atoms with van der Waals surface area (Å²) in [7, 11) is 1.75. The first-order chi connectivity index (χ1) is 9.29. The molecule has 2 aromatic heterocycles. The van der Waals surface area contributed by atoms with Crippen LogP contribution in [0.4, 0.5) is 0 Å². The van der Waals surface area contributed by atoms with E-state index >= 15 is 0 Å². The molecule has 7 heteroatoms. The lowest BCUT2D eigenvalue weighted by Crippen LogP contribution is -2.26. The molecule has 108 valence electrons. The Hall–Kier alpha value is -1.38. The molecule has 2 rings (SSSR count). The Bertz CT molecular complexity index is 603. The molecule has 0 aromatic carbocycles. The molecule has 2 heterocycles. The predicted molar refractivity (Wildman–Crippen MR) is 84.4 cm³/mol. The highest BCUT2D eigenvalue weighted by molar-refractivity contribution is 14.1. The lowest BCUT2D eigenvalue weighted by atomic mass is 9.92. The molecule has 0 radical (unpaired) electrons. The molecular formula is C13H18IN5O. The topological polar surface area (TPSA) is 75.6 Å². The quantitative estimate of drug-likeness (QED) is 0.791. The van der Waals surface area contributed by atoms with Crippen LogP contribution in [0.5, 0.6) is 0 Å². The van der Waals surface area contributed by atoms with Crippen molar-refractivity contribution in [3.63, 3.8) is 0 Å². The minimum atomic E-state index is -0.138. The number of nitrogens with zero attached hydrogens (tertiary/aromatic N) is 3. The van der Waals surface area contributed by atoms with Gasteiger partial charge in [0.15, 0.2) is 0 Å². The lowest BCUT2D eigenvalue weighted by Gasteiger charge is -2.13. The third-order valence-electron chi connectivity index (χ3n) is 2.95. The van der Waals surface area contributed by atoms with Gasteiger partial charge >= 0.3 is 0 Å². The van der Waals surface area contributed by atoms with E-state index in [1.54, 1.807) is 17.9 Å². The predicted octanol–water partition coefficient (Wildman–Crippen LogP) is 1.98. The normalized spacial score (nSPS) is 11.7. The van der Waals surface area contributed by atoms with E-state index in [9.17, 15) is 4.79 Å². The van der Waals surface area contributed by atoms with Gasteiger partial charge in [-0.05, 0) is 28.7 Å². The van der Waals surface area contributed by atoms with Gasteiger partial charge in [-0.2, -0.15) is 10.2 Å². The number of nitrogens with one attached hydrogen (secondary N) is 2. The zero-order chi connectivity index (χ0) is 14.9. The fourth-order valence-electron chi connectivity index (χ4n) is 1.76. The van der Waals surface area contributed by atoms with Crippen LogP contribution in [0.25, 0.3) is 0 Å². The Morgan fingerprint density at radius 1 is 1.50 bits per heavy atom. The number of H-pyrrole nitrogens is 1. The summed E-state index contributed by atoms with van der Waals surface area (Å²) in [6.07, 6.45) is 1.67. The van der Waals surface area contributed by atoms with Crippen molar-refractivity contribution in [2.24, 2.45) is 7.05 Å². The SMILES string of the molecule is Cn1ncc(I)c1C(=O)NCc1cc(C(C)(C)C)n[nH]1. The van der Waals surface area contributed by atoms with Crippen molar-refractivity contribution in [1.29, 1.82) is 0 Å². The Labute approximate surface area is 131 Å². The zero-order valence-corrected chi connectivity index (χ0v) is 14.1. The van der Waals surface area contributed by atoms with Crippen molar-refractivity contribution < 1.29 is 4.79 Å². The van der Waals surface area contributed by atoms with Crippen LogP contribution < -0.4 is 5.32 Å². The van der Waals surface area contributed by atoms with E-state index in [0.29, 0.717) is 12.2 Å². The van der Waals surface area contributed by atoms with Crippen LogP contribution in [-0.4, -0.2) is 25.9 Å². The van der Waals surface area contributed by atoms with E-state index < -0.39 is 0 Å². The third-order valence-corrected chi connectivity index (χ3v) is 3.74. The molecule has 0 bridgehead atoms. The van der Waals surface area contributed by atoms with E-state index in [-0.39, 0.29) is 11.3 Å². The number of carbonyl (C=O) groups is 1. The van der Waals surface area contributed by atoms with Gasteiger partial charge in [0.25, 0.3) is 5.91 Å². The Kier molecular flexibility index (Phi) is 4.17. The summed E-state index contributed by atoms with van der Waals surface area (Å²) in [6, 6.07) is 1.98. The van der Waals surface area contributed by atoms with Crippen molar-refractivity contribution >= 4 is 28.5 Å². The molecular weight excluding hydrogens is 369 g/mol. The van der Waals surface area contributed by atoms with E-state index in [1.807, 2.05) is 6.07 Å². The molecule has 2 N–H and O–H groups in total. The van der Waals surface area contributed by atoms with Gasteiger partial charge in [0.2, 0.25) is 0 Å². The number of hydrogen-bond donors (Lipinski definition) is 2. The third kappa shape index (κ3) is 3.20. The van der Waals surface area contributed by atoms with Gasteiger partial charge in [0.05, 0.1) is 27.7 Å². The number of aromatic amines is 1. The van der Waals surface area contributed by atoms with Gasteiger partial charge < -0.3 is 5.32 Å². The molecule has 0 aliphatic heterocycles. The van der Waals surface area contributed by atoms with E-state index in [0.717, 1.165) is 15.0 Å². The molecule has 0 aliphatic carbocycles. The maximum absolute atomic E-state index is 12.1. The second-order valence-corrected chi connectivity index (χ2v) is 6.84. The van der Waals surface area contributed by atoms with Crippen LogP contribution in [0.3, 0.4) is 0 Å². The molecule has 0 fully saturated rings. The summed E-state index contributed by atoms with van der Waals surface area (Å²) in [5.41, 5.74) is 2.44. The number of hydrogen-bond acceptors (Lipinski definition) is 3. The van der Waals surface area contributed by atoms with Gasteiger partial charge in [-0.25, -0.2) is 0 Å². The molecule has 1 amide bonds. The number of carbonyl (C=O) groups excluding carboxylic acids is 1. The molecule has 0 spiro atoms. The first-order valence-corrected chi connectivity index (χ1v) is 7.37. The van der Waals surface area contributed by atoms with Crippen LogP contribution in [-0.2, 0) is 19.0 Å². The number of halogens is 1. The lowest BCUT2D eigenvalue weighted by molar-refractivity contribution is 0.0940. The second kappa shape index (κ2) is 5.55. The van der Waals surface area contributed by atoms with Crippen molar-refractivity contribution in [3.05, 3.63) is 32.9 Å². The monoisotopic (exact) mass is 387 g/mol. The molecule has 0 saturated heterocycles. The van der Waals surface area contributed by atoms with Crippen LogP contribution >= 0.6 is 22.6 Å². The number of aryl methyl sites for hydroxylation is 1. The average Bonchev–Trinajstić information content (AvgIpc) is 2.93. The zero-order valence-electron chi connectivity index (χ0n) is 12.0. The maximum Gasteiger partial charge on any atom is 0.270 e. The summed E-state index contributed by atoms with van der Waals surface area (Å²) in [5.74, 6) is -0.138. The standard InChI is InChI=1S/C13H18IN5O/c1-13(2,3)10-5-8(17-18-10)6-15-12(20)11-9(14)7-16-19(11)4/h5,7H,6H2,1-4H3,(H,15,20)(H,17,18). The maximum atomic E-state index is 12.1. The fourth-order valence-corrected chi connectivity index (χ4v) is 2.48. The van der Waals surface area contributed by atoms with E-state index in [2.05, 4.69) is 64.0 Å². The first kappa shape index (κ1) is 15.0. The average molecular weight is 387 g/mol. The minimum Gasteiger partial charge on any atom is -0.345 e. The van der Waals surface area contributed by atoms with Gasteiger partial charge in [-0.3, -0.25) is 14.6 Å². The summed E-state index contributed by atoms with van der Waals surface area (Å²) >= 11 is 2.10. The number of aromatic nitrogens is 4. The van der Waals surface area contributed by atoms with Crippen molar-refractivity contribution in [3.8, 4) is 0 Å². The first-order valence-electron chi connectivity index (χ1n) is 6.29. The summed E-state index contributed by atoms with van der Waals surface area (Å²) in [6.45, 7) is 6.72. The van der Waals surface area contributed by atoms with Crippen LogP contribution in [0.2, 0.25) is 0 Å². The van der Waals surface area contributed by atoms with Crippen LogP contribution in [0.1, 0.15) is 42.6 Å². The van der Waals surface area contributed by atoms with Crippen molar-refractivity contribution in [1.82, 2.24) is 25.3 Å². The Morgan fingerprint density at radius 3 is 2.70 bits per heavy atom. The highest BCUT2D eigenvalue weighted by atomic mass is 127. The highest BCUT2D eigenvalue weighted by Gasteiger charge is 2.18. The van der Waals surface area contributed by atoms with Crippen molar-refractivity contribution in [2.45, 2.75) is 32.7 Å². The molecule has 0 unspecified atom stereocenters. The summed E-state index contributed by atoms with van der Waals surface area (Å²) in [4.78, 5) is 12.1. The smallest absolute Gasteiger partial charge is 0.270 e.